The number of imidazole rings is 1. The zero-order valence-corrected chi connectivity index (χ0v) is 13.7. The molecule has 0 atom stereocenters. The lowest BCUT2D eigenvalue weighted by Gasteiger charge is -2.21. The monoisotopic (exact) mass is 320 g/mol. The fraction of sp³-hybridized carbons (Fsp3) is 0.278. The molecule has 1 aliphatic carbocycles. The first-order chi connectivity index (χ1) is 11.2. The quantitative estimate of drug-likeness (QED) is 0.686. The van der Waals surface area contributed by atoms with E-state index in [0.717, 1.165) is 48.3 Å². The van der Waals surface area contributed by atoms with Crippen molar-refractivity contribution in [3.05, 3.63) is 51.6 Å². The highest BCUT2D eigenvalue weighted by molar-refractivity contribution is 7.71. The Balaban J connectivity index is 2.16. The molecule has 0 aromatic carbocycles. The second-order valence-electron chi connectivity index (χ2n) is 5.95. The first-order valence-corrected chi connectivity index (χ1v) is 8.23. The summed E-state index contributed by atoms with van der Waals surface area (Å²) in [6.45, 7) is 2.00. The minimum atomic E-state index is 0.536. The first-order valence-electron chi connectivity index (χ1n) is 7.83. The summed E-state index contributed by atoms with van der Waals surface area (Å²) >= 11 is 5.46. The Morgan fingerprint density at radius 1 is 1.30 bits per heavy atom. The van der Waals surface area contributed by atoms with E-state index in [1.807, 2.05) is 31.3 Å². The van der Waals surface area contributed by atoms with Crippen molar-refractivity contribution in [2.75, 3.05) is 0 Å². The second kappa shape index (κ2) is 5.32. The average Bonchev–Trinajstić information content (AvgIpc) is 2.89. The molecule has 0 unspecified atom stereocenters. The van der Waals surface area contributed by atoms with Crippen molar-refractivity contribution in [1.82, 2.24) is 14.4 Å². The van der Waals surface area contributed by atoms with E-state index in [4.69, 9.17) is 12.2 Å². The summed E-state index contributed by atoms with van der Waals surface area (Å²) in [5.41, 5.74) is 6.77. The molecule has 0 saturated carbocycles. The van der Waals surface area contributed by atoms with Crippen LogP contribution in [0, 0.1) is 22.9 Å². The van der Waals surface area contributed by atoms with Crippen molar-refractivity contribution in [3.8, 4) is 17.3 Å². The zero-order chi connectivity index (χ0) is 16.0. The Morgan fingerprint density at radius 2 is 2.13 bits per heavy atom. The van der Waals surface area contributed by atoms with Gasteiger partial charge in [0.05, 0.1) is 17.0 Å². The smallest absolute Gasteiger partial charge is 0.137 e. The van der Waals surface area contributed by atoms with Gasteiger partial charge in [-0.2, -0.15) is 5.26 Å². The summed E-state index contributed by atoms with van der Waals surface area (Å²) < 4.78 is 2.60. The van der Waals surface area contributed by atoms with E-state index in [9.17, 15) is 5.26 Å². The van der Waals surface area contributed by atoms with Gasteiger partial charge in [0.1, 0.15) is 16.4 Å². The number of rotatable bonds is 1. The van der Waals surface area contributed by atoms with E-state index in [1.54, 1.807) is 0 Å². The molecule has 3 aromatic rings. The highest BCUT2D eigenvalue weighted by Gasteiger charge is 2.23. The van der Waals surface area contributed by atoms with Gasteiger partial charge < -0.3 is 4.98 Å². The fourth-order valence-corrected chi connectivity index (χ4v) is 3.84. The Morgan fingerprint density at radius 3 is 2.96 bits per heavy atom. The van der Waals surface area contributed by atoms with Crippen LogP contribution in [0.1, 0.15) is 35.4 Å². The number of hydrogen-bond acceptors (Lipinski definition) is 3. The van der Waals surface area contributed by atoms with Crippen LogP contribution in [0.4, 0.5) is 0 Å². The second-order valence-corrected chi connectivity index (χ2v) is 6.36. The molecule has 0 radical (unpaired) electrons. The molecule has 0 saturated heterocycles. The van der Waals surface area contributed by atoms with E-state index in [0.29, 0.717) is 10.2 Å². The molecule has 3 aromatic heterocycles. The van der Waals surface area contributed by atoms with Crippen LogP contribution in [-0.2, 0) is 12.8 Å². The zero-order valence-electron chi connectivity index (χ0n) is 12.9. The van der Waals surface area contributed by atoms with Gasteiger partial charge in [0.25, 0.3) is 0 Å². The van der Waals surface area contributed by atoms with E-state index >= 15 is 0 Å². The number of nitriles is 1. The van der Waals surface area contributed by atoms with Crippen LogP contribution < -0.4 is 0 Å². The van der Waals surface area contributed by atoms with Gasteiger partial charge in [0.2, 0.25) is 0 Å². The number of H-pyrrole nitrogens is 1. The maximum atomic E-state index is 9.70. The minimum Gasteiger partial charge on any atom is -0.349 e. The molecule has 1 aliphatic rings. The third-order valence-corrected chi connectivity index (χ3v) is 4.87. The van der Waals surface area contributed by atoms with Crippen LogP contribution in [0.2, 0.25) is 0 Å². The van der Waals surface area contributed by atoms with Crippen molar-refractivity contribution >= 4 is 17.9 Å². The fourth-order valence-electron chi connectivity index (χ4n) is 3.57. The van der Waals surface area contributed by atoms with E-state index in [2.05, 4.69) is 20.4 Å². The number of pyridine rings is 2. The predicted molar refractivity (Wildman–Crippen MR) is 91.9 cm³/mol. The highest BCUT2D eigenvalue weighted by atomic mass is 32.1. The normalized spacial score (nSPS) is 13.7. The number of aromatic nitrogens is 3. The van der Waals surface area contributed by atoms with Crippen molar-refractivity contribution in [1.29, 1.82) is 5.26 Å². The Labute approximate surface area is 139 Å². The molecule has 3 heterocycles. The molecular weight excluding hydrogens is 304 g/mol. The van der Waals surface area contributed by atoms with Crippen LogP contribution in [0.25, 0.3) is 16.9 Å². The number of hydrogen-bond donors (Lipinski definition) is 1. The lowest BCUT2D eigenvalue weighted by Crippen LogP contribution is -2.10. The molecule has 1 N–H and O–H groups in total. The highest BCUT2D eigenvalue weighted by Crippen LogP contribution is 2.35. The number of fused-ring (bicyclic) bond motifs is 2. The average molecular weight is 320 g/mol. The Hall–Kier alpha value is -2.45. The van der Waals surface area contributed by atoms with E-state index < -0.39 is 0 Å². The van der Waals surface area contributed by atoms with Gasteiger partial charge in [-0.05, 0) is 50.3 Å². The SMILES string of the molecule is Cc1nc2ccccn2c1-c1c2c([nH]c(=S)c1C#N)CCCC2. The van der Waals surface area contributed by atoms with Crippen LogP contribution in [-0.4, -0.2) is 14.4 Å². The predicted octanol–water partition coefficient (Wildman–Crippen LogP) is 4.12. The summed E-state index contributed by atoms with van der Waals surface area (Å²) in [5.74, 6) is 0. The number of nitrogens with zero attached hydrogens (tertiary/aromatic N) is 3. The molecule has 0 spiro atoms. The maximum Gasteiger partial charge on any atom is 0.137 e. The molecule has 23 heavy (non-hydrogen) atoms. The van der Waals surface area contributed by atoms with Crippen LogP contribution in [0.3, 0.4) is 0 Å². The number of aromatic amines is 1. The Bertz CT molecular complexity index is 1020. The van der Waals surface area contributed by atoms with Crippen molar-refractivity contribution in [3.63, 3.8) is 0 Å². The Kier molecular flexibility index (Phi) is 3.28. The van der Waals surface area contributed by atoms with Gasteiger partial charge in [-0.15, -0.1) is 0 Å². The number of aryl methyl sites for hydroxylation is 2. The van der Waals surface area contributed by atoms with Crippen LogP contribution in [0.15, 0.2) is 24.4 Å². The summed E-state index contributed by atoms with van der Waals surface area (Å²) in [4.78, 5) is 7.93. The lowest BCUT2D eigenvalue weighted by atomic mass is 9.88. The third-order valence-electron chi connectivity index (χ3n) is 4.56. The van der Waals surface area contributed by atoms with Gasteiger partial charge >= 0.3 is 0 Å². The summed E-state index contributed by atoms with van der Waals surface area (Å²) in [6, 6.07) is 8.26. The maximum absolute atomic E-state index is 9.70. The van der Waals surface area contributed by atoms with E-state index in [1.165, 1.54) is 11.3 Å². The number of nitrogens with one attached hydrogen (secondary N) is 1. The van der Waals surface area contributed by atoms with Gasteiger partial charge in [-0.3, -0.25) is 4.40 Å². The van der Waals surface area contributed by atoms with Crippen LogP contribution in [0.5, 0.6) is 0 Å². The summed E-state index contributed by atoms with van der Waals surface area (Å²) in [5, 5.41) is 9.70. The van der Waals surface area contributed by atoms with Crippen LogP contribution >= 0.6 is 12.2 Å². The van der Waals surface area contributed by atoms with Gasteiger partial charge in [-0.25, -0.2) is 4.98 Å². The molecule has 4 nitrogen and oxygen atoms in total. The molecular formula is C18H16N4S. The van der Waals surface area contributed by atoms with Gasteiger partial charge in [-0.1, -0.05) is 18.3 Å². The molecule has 0 amide bonds. The van der Waals surface area contributed by atoms with Crippen molar-refractivity contribution < 1.29 is 0 Å². The minimum absolute atomic E-state index is 0.536. The molecule has 4 rings (SSSR count). The topological polar surface area (TPSA) is 56.9 Å². The van der Waals surface area contributed by atoms with Gasteiger partial charge in [0, 0.05) is 17.5 Å². The molecule has 5 heteroatoms. The molecule has 0 bridgehead atoms. The lowest BCUT2D eigenvalue weighted by molar-refractivity contribution is 0.667. The first kappa shape index (κ1) is 14.2. The largest absolute Gasteiger partial charge is 0.349 e. The summed E-state index contributed by atoms with van der Waals surface area (Å²) in [6.07, 6.45) is 6.28. The van der Waals surface area contributed by atoms with Crippen molar-refractivity contribution in [2.24, 2.45) is 0 Å². The third kappa shape index (κ3) is 2.10. The van der Waals surface area contributed by atoms with E-state index in [-0.39, 0.29) is 0 Å². The molecule has 0 fully saturated rings. The standard InChI is InChI=1S/C18H16N4S/c1-11-17(22-9-5-4-8-15(22)20-11)16-12-6-2-3-7-14(12)21-18(23)13(16)10-19/h4-5,8-9H,2-3,6-7H2,1H3,(H,21,23). The van der Waals surface area contributed by atoms with Gasteiger partial charge in [0.15, 0.2) is 0 Å². The molecule has 0 aliphatic heterocycles. The summed E-state index contributed by atoms with van der Waals surface area (Å²) in [7, 11) is 0. The molecule has 114 valence electrons. The van der Waals surface area contributed by atoms with Crippen molar-refractivity contribution in [2.45, 2.75) is 32.6 Å².